The Morgan fingerprint density at radius 2 is 1.91 bits per heavy atom. The second-order valence-electron chi connectivity index (χ2n) is 10.3. The van der Waals surface area contributed by atoms with Crippen LogP contribution >= 0.6 is 0 Å². The zero-order valence-corrected chi connectivity index (χ0v) is 19.3. The minimum Gasteiger partial charge on any atom is -0.361 e. The highest BCUT2D eigenvalue weighted by Crippen LogP contribution is 2.30. The summed E-state index contributed by atoms with van der Waals surface area (Å²) in [6.07, 6.45) is 6.43. The summed E-state index contributed by atoms with van der Waals surface area (Å²) in [5.74, 6) is -0.0301. The number of benzene rings is 1. The molecule has 0 spiro atoms. The number of amides is 2. The van der Waals surface area contributed by atoms with E-state index in [-0.39, 0.29) is 29.8 Å². The fourth-order valence-corrected chi connectivity index (χ4v) is 4.17. The third-order valence-corrected chi connectivity index (χ3v) is 5.98. The van der Waals surface area contributed by atoms with Crippen molar-refractivity contribution in [2.75, 3.05) is 19.7 Å². The number of pyridine rings is 1. The molecule has 6 nitrogen and oxygen atoms in total. The third kappa shape index (κ3) is 5.54. The van der Waals surface area contributed by atoms with Crippen LogP contribution in [0.15, 0.2) is 48.8 Å². The summed E-state index contributed by atoms with van der Waals surface area (Å²) in [6.45, 7) is 7.33. The highest BCUT2D eigenvalue weighted by Gasteiger charge is 2.46. The van der Waals surface area contributed by atoms with Crippen molar-refractivity contribution >= 4 is 11.8 Å². The highest BCUT2D eigenvalue weighted by atomic mass is 16.5. The lowest BCUT2D eigenvalue weighted by Gasteiger charge is -2.42. The van der Waals surface area contributed by atoms with Crippen molar-refractivity contribution in [1.82, 2.24) is 15.2 Å². The van der Waals surface area contributed by atoms with Gasteiger partial charge in [-0.3, -0.25) is 14.6 Å². The van der Waals surface area contributed by atoms with Gasteiger partial charge in [-0.2, -0.15) is 0 Å². The van der Waals surface area contributed by atoms with E-state index >= 15 is 0 Å². The van der Waals surface area contributed by atoms with Crippen LogP contribution < -0.4 is 5.32 Å². The first-order chi connectivity index (χ1) is 15.2. The molecule has 1 aromatic carbocycles. The van der Waals surface area contributed by atoms with Crippen LogP contribution in [0.2, 0.25) is 0 Å². The van der Waals surface area contributed by atoms with Gasteiger partial charge in [0, 0.05) is 37.8 Å². The van der Waals surface area contributed by atoms with Crippen molar-refractivity contribution in [2.45, 2.75) is 58.1 Å². The number of rotatable bonds is 6. The summed E-state index contributed by atoms with van der Waals surface area (Å²) in [7, 11) is 0. The molecule has 1 aliphatic carbocycles. The fraction of sp³-hybridized carbons (Fsp3) is 0.500. The molecule has 1 saturated carbocycles. The summed E-state index contributed by atoms with van der Waals surface area (Å²) < 4.78 is 6.20. The maximum Gasteiger partial charge on any atom is 0.254 e. The molecule has 1 aromatic heterocycles. The van der Waals surface area contributed by atoms with Crippen LogP contribution in [-0.4, -0.2) is 53.0 Å². The largest absolute Gasteiger partial charge is 0.361 e. The average molecular weight is 436 g/mol. The van der Waals surface area contributed by atoms with E-state index in [0.29, 0.717) is 26.0 Å². The number of carbonyl (C=O) groups excluding carboxylic acids is 2. The molecule has 1 N–H and O–H groups in total. The van der Waals surface area contributed by atoms with Gasteiger partial charge < -0.3 is 15.0 Å². The lowest BCUT2D eigenvalue weighted by molar-refractivity contribution is -0.166. The molecule has 2 heterocycles. The van der Waals surface area contributed by atoms with Gasteiger partial charge in [-0.1, -0.05) is 45.0 Å². The van der Waals surface area contributed by atoms with Gasteiger partial charge in [0.2, 0.25) is 5.91 Å². The van der Waals surface area contributed by atoms with Crippen molar-refractivity contribution in [2.24, 2.45) is 5.41 Å². The van der Waals surface area contributed by atoms with E-state index in [1.165, 1.54) is 0 Å². The Hall–Kier alpha value is -2.73. The van der Waals surface area contributed by atoms with Crippen molar-refractivity contribution in [3.63, 3.8) is 0 Å². The minimum absolute atomic E-state index is 0.0786. The van der Waals surface area contributed by atoms with Crippen molar-refractivity contribution in [3.8, 4) is 11.1 Å². The van der Waals surface area contributed by atoms with Crippen LogP contribution in [0.4, 0.5) is 0 Å². The molecule has 2 fully saturated rings. The highest BCUT2D eigenvalue weighted by molar-refractivity contribution is 5.88. The quantitative estimate of drug-likeness (QED) is 0.753. The smallest absolute Gasteiger partial charge is 0.254 e. The zero-order valence-electron chi connectivity index (χ0n) is 19.3. The average Bonchev–Trinajstić information content (AvgIpc) is 3.57. The van der Waals surface area contributed by atoms with E-state index < -0.39 is 5.60 Å². The topological polar surface area (TPSA) is 71.5 Å². The monoisotopic (exact) mass is 435 g/mol. The third-order valence-electron chi connectivity index (χ3n) is 5.98. The SMILES string of the molecule is CC(C)(C)CC(=O)N1CCO[C@@](Cc2cccc(-c3ccncc3)c2)(C(=O)NC2CC2)C1. The molecular formula is C26H33N3O3. The van der Waals surface area contributed by atoms with Crippen LogP contribution in [0.5, 0.6) is 0 Å². The maximum atomic E-state index is 13.4. The van der Waals surface area contributed by atoms with E-state index in [2.05, 4.69) is 43.2 Å². The molecule has 1 atom stereocenters. The van der Waals surface area contributed by atoms with Gasteiger partial charge in [-0.25, -0.2) is 0 Å². The number of hydrogen-bond acceptors (Lipinski definition) is 4. The first kappa shape index (κ1) is 22.5. The van der Waals surface area contributed by atoms with E-state index in [4.69, 9.17) is 4.74 Å². The lowest BCUT2D eigenvalue weighted by atomic mass is 9.88. The number of nitrogens with zero attached hydrogens (tertiary/aromatic N) is 2. The number of carbonyl (C=O) groups is 2. The van der Waals surface area contributed by atoms with Gasteiger partial charge in [-0.05, 0) is 47.1 Å². The van der Waals surface area contributed by atoms with E-state index in [1.807, 2.05) is 29.2 Å². The maximum absolute atomic E-state index is 13.4. The Kier molecular flexibility index (Phi) is 6.33. The summed E-state index contributed by atoms with van der Waals surface area (Å²) in [5.41, 5.74) is 1.97. The number of aromatic nitrogens is 1. The van der Waals surface area contributed by atoms with Gasteiger partial charge in [0.25, 0.3) is 5.91 Å². The molecule has 6 heteroatoms. The molecule has 2 aromatic rings. The van der Waals surface area contributed by atoms with Crippen LogP contribution in [0.1, 0.15) is 45.6 Å². The van der Waals surface area contributed by atoms with Crippen molar-refractivity contribution < 1.29 is 14.3 Å². The summed E-state index contributed by atoms with van der Waals surface area (Å²) in [5, 5.41) is 3.13. The van der Waals surface area contributed by atoms with Gasteiger partial charge in [0.15, 0.2) is 5.60 Å². The summed E-state index contributed by atoms with van der Waals surface area (Å²) in [6, 6.07) is 12.3. The number of morpholine rings is 1. The van der Waals surface area contributed by atoms with Gasteiger partial charge in [0.05, 0.1) is 13.2 Å². The second-order valence-corrected chi connectivity index (χ2v) is 10.3. The Balaban J connectivity index is 1.59. The number of hydrogen-bond donors (Lipinski definition) is 1. The molecule has 170 valence electrons. The molecular weight excluding hydrogens is 402 g/mol. The predicted molar refractivity (Wildman–Crippen MR) is 124 cm³/mol. The first-order valence-corrected chi connectivity index (χ1v) is 11.5. The Morgan fingerprint density at radius 3 is 2.59 bits per heavy atom. The van der Waals surface area contributed by atoms with Gasteiger partial charge >= 0.3 is 0 Å². The molecule has 2 amide bonds. The number of ether oxygens (including phenoxy) is 1. The minimum atomic E-state index is -1.08. The van der Waals surface area contributed by atoms with E-state index in [1.54, 1.807) is 12.4 Å². The molecule has 32 heavy (non-hydrogen) atoms. The van der Waals surface area contributed by atoms with Crippen LogP contribution in [0, 0.1) is 5.41 Å². The molecule has 2 aliphatic rings. The van der Waals surface area contributed by atoms with Gasteiger partial charge in [-0.15, -0.1) is 0 Å². The zero-order chi connectivity index (χ0) is 22.8. The molecule has 4 rings (SSSR count). The lowest BCUT2D eigenvalue weighted by Crippen LogP contribution is -2.62. The second kappa shape index (κ2) is 9.02. The Labute approximate surface area is 190 Å². The normalized spacial score (nSPS) is 21.3. The van der Waals surface area contributed by atoms with Crippen LogP contribution in [0.3, 0.4) is 0 Å². The summed E-state index contributed by atoms with van der Waals surface area (Å²) >= 11 is 0. The fourth-order valence-electron chi connectivity index (χ4n) is 4.17. The Morgan fingerprint density at radius 1 is 1.16 bits per heavy atom. The van der Waals surface area contributed by atoms with E-state index in [0.717, 1.165) is 29.5 Å². The van der Waals surface area contributed by atoms with Gasteiger partial charge in [0.1, 0.15) is 0 Å². The van der Waals surface area contributed by atoms with Crippen LogP contribution in [-0.2, 0) is 20.7 Å². The molecule has 1 aliphatic heterocycles. The Bertz CT molecular complexity index is 966. The summed E-state index contributed by atoms with van der Waals surface area (Å²) in [4.78, 5) is 32.3. The standard InChI is InChI=1S/C26H33N3O3/c1-25(2,3)17-23(30)29-13-14-32-26(18-29,24(31)28-22-7-8-22)16-19-5-4-6-21(15-19)20-9-11-27-12-10-20/h4-6,9-12,15,22H,7-8,13-14,16-18H2,1-3H3,(H,28,31)/t26-/m1/s1. The number of nitrogens with one attached hydrogen (secondary N) is 1. The molecule has 1 saturated heterocycles. The molecule has 0 bridgehead atoms. The molecule has 0 radical (unpaired) electrons. The van der Waals surface area contributed by atoms with Crippen molar-refractivity contribution in [3.05, 3.63) is 54.4 Å². The first-order valence-electron chi connectivity index (χ1n) is 11.5. The van der Waals surface area contributed by atoms with E-state index in [9.17, 15) is 9.59 Å². The predicted octanol–water partition coefficient (Wildman–Crippen LogP) is 3.60. The molecule has 0 unspecified atom stereocenters. The van der Waals surface area contributed by atoms with Crippen molar-refractivity contribution in [1.29, 1.82) is 0 Å². The van der Waals surface area contributed by atoms with Crippen LogP contribution in [0.25, 0.3) is 11.1 Å².